The van der Waals surface area contributed by atoms with Gasteiger partial charge in [0, 0.05) is 25.0 Å². The zero-order valence-electron chi connectivity index (χ0n) is 17.4. The molecule has 1 heterocycles. The zero-order valence-corrected chi connectivity index (χ0v) is 17.4. The number of ether oxygens (including phenoxy) is 1. The van der Waals surface area contributed by atoms with Crippen molar-refractivity contribution >= 4 is 11.9 Å². The van der Waals surface area contributed by atoms with Gasteiger partial charge in [-0.3, -0.25) is 4.79 Å². The quantitative estimate of drug-likeness (QED) is 0.795. The summed E-state index contributed by atoms with van der Waals surface area (Å²) in [7, 11) is 1.66. The lowest BCUT2D eigenvalue weighted by molar-refractivity contribution is -0.136. The summed E-state index contributed by atoms with van der Waals surface area (Å²) in [6.07, 6.45) is 8.97. The highest BCUT2D eigenvalue weighted by atomic mass is 16.5. The first-order valence-corrected chi connectivity index (χ1v) is 11.1. The average molecular weight is 400 g/mol. The van der Waals surface area contributed by atoms with Crippen molar-refractivity contribution in [1.29, 1.82) is 0 Å². The van der Waals surface area contributed by atoms with Gasteiger partial charge in [-0.25, -0.2) is 4.79 Å². The fraction of sp³-hybridized carbons (Fsp3) is 0.652. The summed E-state index contributed by atoms with van der Waals surface area (Å²) in [4.78, 5) is 27.5. The van der Waals surface area contributed by atoms with E-state index in [1.54, 1.807) is 7.11 Å². The Morgan fingerprint density at radius 2 is 1.90 bits per heavy atom. The minimum atomic E-state index is -0.305. The van der Waals surface area contributed by atoms with Crippen LogP contribution in [-0.2, 0) is 10.3 Å². The highest BCUT2D eigenvalue weighted by Crippen LogP contribution is 2.42. The Morgan fingerprint density at radius 1 is 1.10 bits per heavy atom. The molecule has 2 saturated carbocycles. The van der Waals surface area contributed by atoms with E-state index in [1.165, 1.54) is 6.42 Å². The van der Waals surface area contributed by atoms with Crippen molar-refractivity contribution in [2.45, 2.75) is 69.4 Å². The Hall–Kier alpha value is -2.24. The topological polar surface area (TPSA) is 70.7 Å². The number of urea groups is 1. The Kier molecular flexibility index (Phi) is 5.97. The van der Waals surface area contributed by atoms with Crippen molar-refractivity contribution in [3.63, 3.8) is 0 Å². The van der Waals surface area contributed by atoms with Crippen LogP contribution >= 0.6 is 0 Å². The first kappa shape index (κ1) is 20.0. The van der Waals surface area contributed by atoms with Gasteiger partial charge >= 0.3 is 6.03 Å². The lowest BCUT2D eigenvalue weighted by Gasteiger charge is -2.43. The fourth-order valence-corrected chi connectivity index (χ4v) is 5.09. The molecule has 3 aliphatic rings. The molecule has 2 atom stereocenters. The van der Waals surface area contributed by atoms with E-state index >= 15 is 0 Å². The molecule has 1 aliphatic heterocycles. The molecule has 3 amide bonds. The van der Waals surface area contributed by atoms with Gasteiger partial charge in [0.05, 0.1) is 12.6 Å². The summed E-state index contributed by atoms with van der Waals surface area (Å²) in [6.45, 7) is 1.80. The van der Waals surface area contributed by atoms with Crippen molar-refractivity contribution in [3.8, 4) is 5.75 Å². The number of rotatable bonds is 5. The highest BCUT2D eigenvalue weighted by Gasteiger charge is 2.41. The maximum atomic E-state index is 12.8. The SMILES string of the molecule is COc1cccc(C2(NC(=O)N[C@H]3CC[C@@H](C(=O)N4CCCCC4)C3)CCC2)c1. The van der Waals surface area contributed by atoms with Crippen molar-refractivity contribution < 1.29 is 14.3 Å². The minimum absolute atomic E-state index is 0.0643. The Bertz CT molecular complexity index is 741. The molecule has 0 unspecified atom stereocenters. The number of hydrogen-bond donors (Lipinski definition) is 2. The number of carbonyl (C=O) groups is 2. The monoisotopic (exact) mass is 399 g/mol. The molecule has 4 rings (SSSR count). The van der Waals surface area contributed by atoms with Gasteiger partial charge in [0.15, 0.2) is 0 Å². The smallest absolute Gasteiger partial charge is 0.315 e. The van der Waals surface area contributed by atoms with Gasteiger partial charge in [-0.05, 0) is 75.5 Å². The van der Waals surface area contributed by atoms with Crippen LogP contribution in [0.1, 0.15) is 63.4 Å². The fourth-order valence-electron chi connectivity index (χ4n) is 5.09. The maximum absolute atomic E-state index is 12.8. The molecular weight excluding hydrogens is 366 g/mol. The molecule has 2 N–H and O–H groups in total. The van der Waals surface area contributed by atoms with Crippen molar-refractivity contribution in [3.05, 3.63) is 29.8 Å². The third-order valence-corrected chi connectivity index (χ3v) is 6.97. The lowest BCUT2D eigenvalue weighted by atomic mass is 9.72. The third kappa shape index (κ3) is 4.36. The van der Waals surface area contributed by atoms with Gasteiger partial charge in [0.1, 0.15) is 5.75 Å². The summed E-state index contributed by atoms with van der Waals surface area (Å²) < 4.78 is 5.35. The van der Waals surface area contributed by atoms with E-state index in [1.807, 2.05) is 23.1 Å². The normalized spacial score (nSPS) is 25.8. The van der Waals surface area contributed by atoms with Crippen LogP contribution < -0.4 is 15.4 Å². The van der Waals surface area contributed by atoms with E-state index in [0.29, 0.717) is 5.91 Å². The van der Waals surface area contributed by atoms with Gasteiger partial charge in [-0.2, -0.15) is 0 Å². The van der Waals surface area contributed by atoms with Crippen LogP contribution in [0, 0.1) is 5.92 Å². The van der Waals surface area contributed by atoms with Crippen LogP contribution in [0.5, 0.6) is 5.75 Å². The second-order valence-electron chi connectivity index (χ2n) is 8.86. The predicted molar refractivity (Wildman–Crippen MR) is 112 cm³/mol. The molecule has 6 heteroatoms. The standard InChI is InChI=1S/C23H33N3O3/c1-29-20-8-5-7-18(16-20)23(11-6-12-23)25-22(28)24-19-10-9-17(15-19)21(27)26-13-3-2-4-14-26/h5,7-8,16-17,19H,2-4,6,9-15H2,1H3,(H2,24,25,28)/t17-,19+/m1/s1. The molecule has 158 valence electrons. The number of nitrogens with zero attached hydrogens (tertiary/aromatic N) is 1. The van der Waals surface area contributed by atoms with E-state index in [4.69, 9.17) is 4.74 Å². The van der Waals surface area contributed by atoms with E-state index in [0.717, 1.165) is 75.8 Å². The number of methoxy groups -OCH3 is 1. The number of amides is 3. The van der Waals surface area contributed by atoms with Gasteiger partial charge < -0.3 is 20.3 Å². The highest BCUT2D eigenvalue weighted by molar-refractivity contribution is 5.80. The number of nitrogens with one attached hydrogen (secondary N) is 2. The van der Waals surface area contributed by atoms with Crippen molar-refractivity contribution in [2.75, 3.05) is 20.2 Å². The van der Waals surface area contributed by atoms with Gasteiger partial charge in [0.25, 0.3) is 0 Å². The summed E-state index contributed by atoms with van der Waals surface area (Å²) in [5.41, 5.74) is 0.795. The predicted octanol–water partition coefficient (Wildman–Crippen LogP) is 3.55. The van der Waals surface area contributed by atoms with Crippen molar-refractivity contribution in [2.24, 2.45) is 5.92 Å². The van der Waals surface area contributed by atoms with Crippen molar-refractivity contribution in [1.82, 2.24) is 15.5 Å². The molecule has 1 aromatic rings. The first-order valence-electron chi connectivity index (χ1n) is 11.1. The van der Waals surface area contributed by atoms with E-state index in [2.05, 4.69) is 16.7 Å². The molecule has 1 saturated heterocycles. The van der Waals surface area contributed by atoms with Gasteiger partial charge in [-0.15, -0.1) is 0 Å². The zero-order chi connectivity index (χ0) is 20.3. The summed E-state index contributed by atoms with van der Waals surface area (Å²) >= 11 is 0. The number of piperidine rings is 1. The average Bonchev–Trinajstić information content (AvgIpc) is 3.19. The van der Waals surface area contributed by atoms with Crippen LogP contribution in [0.25, 0.3) is 0 Å². The molecule has 2 aliphatic carbocycles. The Labute approximate surface area is 173 Å². The van der Waals surface area contributed by atoms with Crippen LogP contribution in [0.4, 0.5) is 4.79 Å². The summed E-state index contributed by atoms with van der Waals surface area (Å²) in [5.74, 6) is 1.17. The molecule has 6 nitrogen and oxygen atoms in total. The van der Waals surface area contributed by atoms with E-state index in [9.17, 15) is 9.59 Å². The second-order valence-corrected chi connectivity index (χ2v) is 8.86. The molecule has 29 heavy (non-hydrogen) atoms. The molecular formula is C23H33N3O3. The van der Waals surface area contributed by atoms with Crippen LogP contribution in [-0.4, -0.2) is 43.1 Å². The number of likely N-dealkylation sites (tertiary alicyclic amines) is 1. The first-order chi connectivity index (χ1) is 14.1. The van der Waals surface area contributed by atoms with E-state index in [-0.39, 0.29) is 23.5 Å². The van der Waals surface area contributed by atoms with Crippen LogP contribution in [0.15, 0.2) is 24.3 Å². The van der Waals surface area contributed by atoms with Crippen LogP contribution in [0.3, 0.4) is 0 Å². The molecule has 0 radical (unpaired) electrons. The number of carbonyl (C=O) groups excluding carboxylic acids is 2. The Morgan fingerprint density at radius 3 is 2.59 bits per heavy atom. The van der Waals surface area contributed by atoms with Gasteiger partial charge in [-0.1, -0.05) is 12.1 Å². The maximum Gasteiger partial charge on any atom is 0.315 e. The van der Waals surface area contributed by atoms with E-state index < -0.39 is 0 Å². The molecule has 0 aromatic heterocycles. The molecule has 3 fully saturated rings. The number of hydrogen-bond acceptors (Lipinski definition) is 3. The summed E-state index contributed by atoms with van der Waals surface area (Å²) in [5, 5.41) is 6.37. The molecule has 1 aromatic carbocycles. The molecule has 0 spiro atoms. The number of benzene rings is 1. The van der Waals surface area contributed by atoms with Gasteiger partial charge in [0.2, 0.25) is 5.91 Å². The Balaban J connectivity index is 1.32. The second kappa shape index (κ2) is 8.64. The third-order valence-electron chi connectivity index (χ3n) is 6.97. The largest absolute Gasteiger partial charge is 0.497 e. The van der Waals surface area contributed by atoms with Crippen LogP contribution in [0.2, 0.25) is 0 Å². The molecule has 0 bridgehead atoms. The minimum Gasteiger partial charge on any atom is -0.497 e. The summed E-state index contributed by atoms with van der Waals surface area (Å²) in [6, 6.07) is 7.93. The lowest BCUT2D eigenvalue weighted by Crippen LogP contribution is -2.55.